The van der Waals surface area contributed by atoms with E-state index in [9.17, 15) is 9.59 Å². The molecule has 1 saturated heterocycles. The Bertz CT molecular complexity index is 862. The number of methoxy groups -OCH3 is 1. The molecule has 1 unspecified atom stereocenters. The van der Waals surface area contributed by atoms with E-state index in [0.717, 1.165) is 24.5 Å². The highest BCUT2D eigenvalue weighted by Gasteiger charge is 2.24. The van der Waals surface area contributed by atoms with Crippen molar-refractivity contribution in [2.45, 2.75) is 26.4 Å². The zero-order chi connectivity index (χ0) is 22.2. The molecule has 0 bridgehead atoms. The Labute approximate surface area is 182 Å². The Morgan fingerprint density at radius 1 is 1.13 bits per heavy atom. The lowest BCUT2D eigenvalue weighted by molar-refractivity contribution is -0.124. The number of morpholine rings is 1. The van der Waals surface area contributed by atoms with E-state index in [1.807, 2.05) is 26.0 Å². The van der Waals surface area contributed by atoms with Crippen LogP contribution in [0.25, 0.3) is 0 Å². The van der Waals surface area contributed by atoms with Crippen LogP contribution >= 0.6 is 0 Å². The van der Waals surface area contributed by atoms with Gasteiger partial charge in [0.05, 0.1) is 20.3 Å². The number of rotatable bonds is 8. The Morgan fingerprint density at radius 3 is 2.42 bits per heavy atom. The molecule has 0 saturated carbocycles. The molecule has 0 radical (unpaired) electrons. The van der Waals surface area contributed by atoms with Crippen molar-refractivity contribution in [2.24, 2.45) is 5.92 Å². The largest absolute Gasteiger partial charge is 0.497 e. The number of ether oxygens (including phenoxy) is 2. The van der Waals surface area contributed by atoms with Gasteiger partial charge in [-0.3, -0.25) is 9.59 Å². The minimum Gasteiger partial charge on any atom is -0.497 e. The number of nitrogens with one attached hydrogen (secondary N) is 2. The van der Waals surface area contributed by atoms with Crippen LogP contribution in [0.2, 0.25) is 0 Å². The van der Waals surface area contributed by atoms with E-state index in [1.54, 1.807) is 37.6 Å². The Morgan fingerprint density at radius 2 is 1.84 bits per heavy atom. The molecule has 0 spiro atoms. The second-order valence-corrected chi connectivity index (χ2v) is 7.77. The van der Waals surface area contributed by atoms with Gasteiger partial charge < -0.3 is 25.0 Å². The van der Waals surface area contributed by atoms with Gasteiger partial charge in [-0.1, -0.05) is 19.9 Å². The first-order valence-electron chi connectivity index (χ1n) is 10.5. The summed E-state index contributed by atoms with van der Waals surface area (Å²) >= 11 is 0. The minimum absolute atomic E-state index is 0.0657. The number of aromatic nitrogens is 1. The molecule has 8 nitrogen and oxygen atoms in total. The van der Waals surface area contributed by atoms with Gasteiger partial charge in [0.2, 0.25) is 5.91 Å². The zero-order valence-electron chi connectivity index (χ0n) is 18.3. The quantitative estimate of drug-likeness (QED) is 0.671. The molecule has 2 N–H and O–H groups in total. The average Bonchev–Trinajstić information content (AvgIpc) is 2.81. The fourth-order valence-electron chi connectivity index (χ4n) is 3.30. The third-order valence-corrected chi connectivity index (χ3v) is 5.20. The first kappa shape index (κ1) is 22.6. The first-order chi connectivity index (χ1) is 15.0. The van der Waals surface area contributed by atoms with E-state index in [1.165, 1.54) is 0 Å². The SMILES string of the molecule is COc1ccc(C(=O)NC(C(=O)NCc2ccc(N3CCOCC3)nc2)C(C)C)cc1. The zero-order valence-corrected chi connectivity index (χ0v) is 18.3. The van der Waals surface area contributed by atoms with E-state index in [-0.39, 0.29) is 17.7 Å². The summed E-state index contributed by atoms with van der Waals surface area (Å²) in [7, 11) is 1.57. The molecule has 1 aliphatic rings. The van der Waals surface area contributed by atoms with Crippen molar-refractivity contribution < 1.29 is 19.1 Å². The molecule has 2 aromatic rings. The second-order valence-electron chi connectivity index (χ2n) is 7.77. The van der Waals surface area contributed by atoms with Crippen molar-refractivity contribution in [1.29, 1.82) is 0 Å². The molecule has 1 aromatic heterocycles. The number of pyridine rings is 1. The van der Waals surface area contributed by atoms with Gasteiger partial charge >= 0.3 is 0 Å². The third-order valence-electron chi connectivity index (χ3n) is 5.20. The summed E-state index contributed by atoms with van der Waals surface area (Å²) in [5.74, 6) is 0.985. The second kappa shape index (κ2) is 10.8. The number of carbonyl (C=O) groups is 2. The molecule has 8 heteroatoms. The van der Waals surface area contributed by atoms with Crippen LogP contribution in [0.1, 0.15) is 29.8 Å². The summed E-state index contributed by atoms with van der Waals surface area (Å²) < 4.78 is 10.5. The van der Waals surface area contributed by atoms with Crippen LogP contribution in [0.5, 0.6) is 5.75 Å². The summed E-state index contributed by atoms with van der Waals surface area (Å²) in [6.07, 6.45) is 1.77. The molecule has 2 heterocycles. The first-order valence-corrected chi connectivity index (χ1v) is 10.5. The summed E-state index contributed by atoms with van der Waals surface area (Å²) in [6.45, 7) is 7.21. The van der Waals surface area contributed by atoms with Gasteiger partial charge in [0.1, 0.15) is 17.6 Å². The fourth-order valence-corrected chi connectivity index (χ4v) is 3.30. The molecule has 31 heavy (non-hydrogen) atoms. The highest BCUT2D eigenvalue weighted by atomic mass is 16.5. The number of hydrogen-bond acceptors (Lipinski definition) is 6. The van der Waals surface area contributed by atoms with Gasteiger partial charge in [-0.25, -0.2) is 4.98 Å². The number of amides is 2. The normalized spacial score (nSPS) is 14.8. The molecule has 1 atom stereocenters. The van der Waals surface area contributed by atoms with E-state index >= 15 is 0 Å². The Kier molecular flexibility index (Phi) is 7.83. The van der Waals surface area contributed by atoms with Crippen LogP contribution < -0.4 is 20.3 Å². The van der Waals surface area contributed by atoms with Crippen molar-refractivity contribution in [3.05, 3.63) is 53.7 Å². The van der Waals surface area contributed by atoms with E-state index < -0.39 is 6.04 Å². The standard InChI is InChI=1S/C23H30N4O4/c1-16(2)21(26-22(28)18-5-7-19(30-3)8-6-18)23(29)25-15-17-4-9-20(24-14-17)27-10-12-31-13-11-27/h4-9,14,16,21H,10-13,15H2,1-3H3,(H,25,29)(H,26,28). The monoisotopic (exact) mass is 426 g/mol. The van der Waals surface area contributed by atoms with Crippen LogP contribution in [0.4, 0.5) is 5.82 Å². The van der Waals surface area contributed by atoms with E-state index in [4.69, 9.17) is 9.47 Å². The van der Waals surface area contributed by atoms with Crippen LogP contribution in [-0.2, 0) is 16.1 Å². The number of nitrogens with zero attached hydrogens (tertiary/aromatic N) is 2. The fraction of sp³-hybridized carbons (Fsp3) is 0.435. The Balaban J connectivity index is 1.55. The van der Waals surface area contributed by atoms with Crippen molar-refractivity contribution >= 4 is 17.6 Å². The molecule has 1 fully saturated rings. The molecule has 0 aliphatic carbocycles. The summed E-state index contributed by atoms with van der Waals surface area (Å²) in [5, 5.41) is 5.74. The molecule has 166 valence electrons. The molecule has 3 rings (SSSR count). The highest BCUT2D eigenvalue weighted by molar-refractivity contribution is 5.97. The minimum atomic E-state index is -0.643. The molecule has 1 aromatic carbocycles. The lowest BCUT2D eigenvalue weighted by Gasteiger charge is -2.27. The number of hydrogen-bond donors (Lipinski definition) is 2. The summed E-state index contributed by atoms with van der Waals surface area (Å²) in [4.78, 5) is 32.0. The van der Waals surface area contributed by atoms with Crippen LogP contribution in [0, 0.1) is 5.92 Å². The van der Waals surface area contributed by atoms with Gasteiger partial charge in [-0.2, -0.15) is 0 Å². The maximum Gasteiger partial charge on any atom is 0.251 e. The topological polar surface area (TPSA) is 92.8 Å². The number of benzene rings is 1. The molecule has 2 amide bonds. The average molecular weight is 427 g/mol. The Hall–Kier alpha value is -3.13. The summed E-state index contributed by atoms with van der Waals surface area (Å²) in [5.41, 5.74) is 1.37. The van der Waals surface area contributed by atoms with Gasteiger partial charge in [-0.05, 0) is 41.8 Å². The van der Waals surface area contributed by atoms with Crippen LogP contribution in [0.3, 0.4) is 0 Å². The molecular formula is C23H30N4O4. The predicted molar refractivity (Wildman–Crippen MR) is 118 cm³/mol. The number of anilines is 1. The lowest BCUT2D eigenvalue weighted by Crippen LogP contribution is -2.49. The van der Waals surface area contributed by atoms with Crippen molar-refractivity contribution in [1.82, 2.24) is 15.6 Å². The third kappa shape index (κ3) is 6.18. The van der Waals surface area contributed by atoms with Gasteiger partial charge in [0, 0.05) is 31.4 Å². The maximum atomic E-state index is 12.8. The van der Waals surface area contributed by atoms with E-state index in [2.05, 4.69) is 20.5 Å². The van der Waals surface area contributed by atoms with Crippen molar-refractivity contribution in [2.75, 3.05) is 38.3 Å². The van der Waals surface area contributed by atoms with Gasteiger partial charge in [-0.15, -0.1) is 0 Å². The maximum absolute atomic E-state index is 12.8. The van der Waals surface area contributed by atoms with Gasteiger partial charge in [0.15, 0.2) is 0 Å². The smallest absolute Gasteiger partial charge is 0.251 e. The van der Waals surface area contributed by atoms with E-state index in [0.29, 0.717) is 31.1 Å². The predicted octanol–water partition coefficient (Wildman–Crippen LogP) is 2.00. The van der Waals surface area contributed by atoms with Crippen LogP contribution in [0.15, 0.2) is 42.6 Å². The molecular weight excluding hydrogens is 396 g/mol. The van der Waals surface area contributed by atoms with Crippen molar-refractivity contribution in [3.8, 4) is 5.75 Å². The number of carbonyl (C=O) groups excluding carboxylic acids is 2. The van der Waals surface area contributed by atoms with Crippen molar-refractivity contribution in [3.63, 3.8) is 0 Å². The summed E-state index contributed by atoms with van der Waals surface area (Å²) in [6, 6.07) is 10.0. The highest BCUT2D eigenvalue weighted by Crippen LogP contribution is 2.14. The lowest BCUT2D eigenvalue weighted by atomic mass is 10.0. The van der Waals surface area contributed by atoms with Gasteiger partial charge in [0.25, 0.3) is 5.91 Å². The molecule has 1 aliphatic heterocycles. The van der Waals surface area contributed by atoms with Crippen LogP contribution in [-0.4, -0.2) is 56.3 Å².